The number of methoxy groups -OCH3 is 1. The van der Waals surface area contributed by atoms with Crippen molar-refractivity contribution in [3.63, 3.8) is 0 Å². The van der Waals surface area contributed by atoms with Gasteiger partial charge in [-0.2, -0.15) is 0 Å². The Morgan fingerprint density at radius 3 is 2.75 bits per heavy atom. The first-order valence-corrected chi connectivity index (χ1v) is 7.26. The Morgan fingerprint density at radius 1 is 1.35 bits per heavy atom. The van der Waals surface area contributed by atoms with Gasteiger partial charge in [0.05, 0.1) is 7.11 Å². The number of ether oxygens (including phenoxy) is 1. The highest BCUT2D eigenvalue weighted by molar-refractivity contribution is 5.75. The van der Waals surface area contributed by atoms with Crippen LogP contribution < -0.4 is 4.74 Å². The third kappa shape index (κ3) is 4.05. The molecule has 1 aromatic rings. The summed E-state index contributed by atoms with van der Waals surface area (Å²) in [6, 6.07) is 5.57. The molecule has 20 heavy (non-hydrogen) atoms. The number of hydrogen-bond acceptors (Lipinski definition) is 4. The predicted molar refractivity (Wildman–Crippen MR) is 80.4 cm³/mol. The SMILES string of the molecule is COc1ccc(C=O)cc1CN(C)CCN1CCCC1. The molecule has 1 aliphatic heterocycles. The lowest BCUT2D eigenvalue weighted by molar-refractivity contribution is 0.112. The maximum Gasteiger partial charge on any atom is 0.150 e. The zero-order valence-corrected chi connectivity index (χ0v) is 12.5. The van der Waals surface area contributed by atoms with Crippen LogP contribution in [0.1, 0.15) is 28.8 Å². The summed E-state index contributed by atoms with van der Waals surface area (Å²) < 4.78 is 5.37. The second-order valence-corrected chi connectivity index (χ2v) is 5.48. The smallest absolute Gasteiger partial charge is 0.150 e. The van der Waals surface area contributed by atoms with Gasteiger partial charge in [0.2, 0.25) is 0 Å². The maximum atomic E-state index is 10.9. The largest absolute Gasteiger partial charge is 0.496 e. The van der Waals surface area contributed by atoms with E-state index >= 15 is 0 Å². The normalized spacial score (nSPS) is 15.8. The molecule has 1 aromatic carbocycles. The van der Waals surface area contributed by atoms with E-state index in [1.165, 1.54) is 25.9 Å². The molecular formula is C16H24N2O2. The number of nitrogens with zero attached hydrogens (tertiary/aromatic N) is 2. The van der Waals surface area contributed by atoms with Crippen LogP contribution in [0, 0.1) is 0 Å². The monoisotopic (exact) mass is 276 g/mol. The van der Waals surface area contributed by atoms with Crippen LogP contribution in [-0.2, 0) is 6.54 Å². The van der Waals surface area contributed by atoms with E-state index in [9.17, 15) is 4.79 Å². The van der Waals surface area contributed by atoms with E-state index in [1.807, 2.05) is 12.1 Å². The average Bonchev–Trinajstić information content (AvgIpc) is 2.98. The van der Waals surface area contributed by atoms with Crippen molar-refractivity contribution in [2.45, 2.75) is 19.4 Å². The zero-order chi connectivity index (χ0) is 14.4. The average molecular weight is 276 g/mol. The molecule has 4 heteroatoms. The lowest BCUT2D eigenvalue weighted by Gasteiger charge is -2.22. The Balaban J connectivity index is 1.91. The standard InChI is InChI=1S/C16H24N2O2/c1-17(9-10-18-7-3-4-8-18)12-15-11-14(13-19)5-6-16(15)20-2/h5-6,11,13H,3-4,7-10,12H2,1-2H3. The first-order chi connectivity index (χ1) is 9.72. The minimum atomic E-state index is 0.703. The van der Waals surface area contributed by atoms with Crippen LogP contribution in [0.4, 0.5) is 0 Å². The molecule has 0 atom stereocenters. The number of carbonyl (C=O) groups excluding carboxylic acids is 1. The van der Waals surface area contributed by atoms with Crippen LogP contribution in [0.2, 0.25) is 0 Å². The van der Waals surface area contributed by atoms with Crippen LogP contribution in [0.5, 0.6) is 5.75 Å². The van der Waals surface area contributed by atoms with Crippen LogP contribution in [-0.4, -0.2) is 56.4 Å². The minimum Gasteiger partial charge on any atom is -0.496 e. The van der Waals surface area contributed by atoms with Crippen LogP contribution in [0.3, 0.4) is 0 Å². The molecule has 0 amide bonds. The highest BCUT2D eigenvalue weighted by atomic mass is 16.5. The number of likely N-dealkylation sites (tertiary alicyclic amines) is 1. The van der Waals surface area contributed by atoms with E-state index in [4.69, 9.17) is 4.74 Å². The highest BCUT2D eigenvalue weighted by Gasteiger charge is 2.13. The van der Waals surface area contributed by atoms with Crippen LogP contribution in [0.25, 0.3) is 0 Å². The van der Waals surface area contributed by atoms with Crippen molar-refractivity contribution in [2.75, 3.05) is 40.3 Å². The van der Waals surface area contributed by atoms with Gasteiger partial charge in [0.15, 0.2) is 0 Å². The molecule has 110 valence electrons. The number of likely N-dealkylation sites (N-methyl/N-ethyl adjacent to an activating group) is 1. The van der Waals surface area contributed by atoms with E-state index in [0.29, 0.717) is 5.56 Å². The quantitative estimate of drug-likeness (QED) is 0.714. The molecule has 0 N–H and O–H groups in total. The van der Waals surface area contributed by atoms with Crippen molar-refractivity contribution >= 4 is 6.29 Å². The third-order valence-corrected chi connectivity index (χ3v) is 3.88. The van der Waals surface area contributed by atoms with Gasteiger partial charge < -0.3 is 14.5 Å². The Morgan fingerprint density at radius 2 is 2.10 bits per heavy atom. The summed E-state index contributed by atoms with van der Waals surface area (Å²) in [7, 11) is 3.78. The van der Waals surface area contributed by atoms with Gasteiger partial charge >= 0.3 is 0 Å². The molecule has 1 fully saturated rings. The number of benzene rings is 1. The summed E-state index contributed by atoms with van der Waals surface area (Å²) in [6.45, 7) is 5.43. The second kappa shape index (κ2) is 7.41. The van der Waals surface area contributed by atoms with Gasteiger partial charge in [-0.1, -0.05) is 0 Å². The lowest BCUT2D eigenvalue weighted by atomic mass is 10.1. The van der Waals surface area contributed by atoms with E-state index in [2.05, 4.69) is 16.8 Å². The van der Waals surface area contributed by atoms with Crippen molar-refractivity contribution in [3.05, 3.63) is 29.3 Å². The van der Waals surface area contributed by atoms with Crippen molar-refractivity contribution in [3.8, 4) is 5.75 Å². The molecule has 0 radical (unpaired) electrons. The molecule has 0 saturated carbocycles. The fourth-order valence-corrected chi connectivity index (χ4v) is 2.68. The predicted octanol–water partition coefficient (Wildman–Crippen LogP) is 2.04. The molecular weight excluding hydrogens is 252 g/mol. The number of aldehydes is 1. The highest BCUT2D eigenvalue weighted by Crippen LogP contribution is 2.20. The summed E-state index contributed by atoms with van der Waals surface area (Å²) in [4.78, 5) is 15.7. The lowest BCUT2D eigenvalue weighted by Crippen LogP contribution is -2.31. The molecule has 1 saturated heterocycles. The van der Waals surface area contributed by atoms with Crippen molar-refractivity contribution in [1.29, 1.82) is 0 Å². The van der Waals surface area contributed by atoms with E-state index < -0.39 is 0 Å². The molecule has 0 aromatic heterocycles. The Hall–Kier alpha value is -1.39. The van der Waals surface area contributed by atoms with Crippen molar-refractivity contribution < 1.29 is 9.53 Å². The fourth-order valence-electron chi connectivity index (χ4n) is 2.68. The molecule has 0 unspecified atom stereocenters. The molecule has 0 aliphatic carbocycles. The van der Waals surface area contributed by atoms with Crippen LogP contribution in [0.15, 0.2) is 18.2 Å². The topological polar surface area (TPSA) is 32.8 Å². The summed E-state index contributed by atoms with van der Waals surface area (Å²) in [5.41, 5.74) is 1.77. The van der Waals surface area contributed by atoms with Crippen LogP contribution >= 0.6 is 0 Å². The zero-order valence-electron chi connectivity index (χ0n) is 12.5. The Bertz CT molecular complexity index is 442. The fraction of sp³-hybridized carbons (Fsp3) is 0.562. The molecule has 0 bridgehead atoms. The second-order valence-electron chi connectivity index (χ2n) is 5.48. The van der Waals surface area contributed by atoms with E-state index in [0.717, 1.165) is 37.2 Å². The maximum absolute atomic E-state index is 10.9. The van der Waals surface area contributed by atoms with Gasteiger partial charge in [0.25, 0.3) is 0 Å². The van der Waals surface area contributed by atoms with Gasteiger partial charge in [0.1, 0.15) is 12.0 Å². The third-order valence-electron chi connectivity index (χ3n) is 3.88. The number of rotatable bonds is 7. The summed E-state index contributed by atoms with van der Waals surface area (Å²) >= 11 is 0. The number of hydrogen-bond donors (Lipinski definition) is 0. The van der Waals surface area contributed by atoms with Crippen molar-refractivity contribution in [2.24, 2.45) is 0 Å². The molecule has 1 heterocycles. The summed E-state index contributed by atoms with van der Waals surface area (Å²) in [5.74, 6) is 0.851. The van der Waals surface area contributed by atoms with Crippen molar-refractivity contribution in [1.82, 2.24) is 9.80 Å². The molecule has 0 spiro atoms. The first-order valence-electron chi connectivity index (χ1n) is 7.26. The van der Waals surface area contributed by atoms with E-state index in [-0.39, 0.29) is 0 Å². The van der Waals surface area contributed by atoms with Gasteiger partial charge in [-0.25, -0.2) is 0 Å². The molecule has 4 nitrogen and oxygen atoms in total. The van der Waals surface area contributed by atoms with Gasteiger partial charge in [-0.15, -0.1) is 0 Å². The first kappa shape index (κ1) is 15.0. The molecule has 1 aliphatic rings. The van der Waals surface area contributed by atoms with Gasteiger partial charge in [-0.05, 0) is 51.2 Å². The van der Waals surface area contributed by atoms with Gasteiger partial charge in [-0.3, -0.25) is 4.79 Å². The number of carbonyl (C=O) groups is 1. The molecule has 2 rings (SSSR count). The minimum absolute atomic E-state index is 0.703. The Kier molecular flexibility index (Phi) is 5.56. The summed E-state index contributed by atoms with van der Waals surface area (Å²) in [5, 5.41) is 0. The summed E-state index contributed by atoms with van der Waals surface area (Å²) in [6.07, 6.45) is 3.55. The Labute approximate surface area is 121 Å². The van der Waals surface area contributed by atoms with E-state index in [1.54, 1.807) is 13.2 Å². The van der Waals surface area contributed by atoms with Gasteiger partial charge in [0, 0.05) is 30.8 Å².